The van der Waals surface area contributed by atoms with E-state index in [4.69, 9.17) is 39.5 Å². The number of benzene rings is 3. The Morgan fingerprint density at radius 2 is 1.57 bits per heavy atom. The summed E-state index contributed by atoms with van der Waals surface area (Å²) in [6.45, 7) is 1.21. The maximum absolute atomic E-state index is 13.6. The lowest BCUT2D eigenvalue weighted by atomic mass is 10.0. The molecule has 17 heteroatoms. The lowest BCUT2D eigenvalue weighted by molar-refractivity contribution is -0.136. The monoisotopic (exact) mass is 794 g/mol. The van der Waals surface area contributed by atoms with Crippen molar-refractivity contribution in [1.82, 2.24) is 25.3 Å². The Hall–Kier alpha value is -5.44. The predicted molar refractivity (Wildman–Crippen MR) is 200 cm³/mol. The molecule has 0 radical (unpaired) electrons. The summed E-state index contributed by atoms with van der Waals surface area (Å²) in [6, 6.07) is 11.7. The summed E-state index contributed by atoms with van der Waals surface area (Å²) in [7, 11) is 1.43. The van der Waals surface area contributed by atoms with Crippen LogP contribution in [0.5, 0.6) is 5.75 Å². The number of ether oxygens (including phenoxy) is 1. The molecule has 2 saturated heterocycles. The molecular formula is C37H33Cl3N6O8. The first-order chi connectivity index (χ1) is 25.9. The van der Waals surface area contributed by atoms with Gasteiger partial charge in [0, 0.05) is 90.8 Å². The fraction of sp³-hybridized carbons (Fsp3) is 0.270. The van der Waals surface area contributed by atoms with Gasteiger partial charge in [0.1, 0.15) is 11.8 Å². The van der Waals surface area contributed by atoms with Gasteiger partial charge in [-0.2, -0.15) is 0 Å². The first-order valence-corrected chi connectivity index (χ1v) is 18.0. The van der Waals surface area contributed by atoms with Crippen LogP contribution in [-0.2, 0) is 19.2 Å². The Morgan fingerprint density at radius 1 is 0.852 bits per heavy atom. The topological polar surface area (TPSA) is 175 Å². The number of anilines is 1. The Balaban J connectivity index is 0.987. The van der Waals surface area contributed by atoms with Crippen molar-refractivity contribution in [3.8, 4) is 16.9 Å². The average Bonchev–Trinajstić information content (AvgIpc) is 3.42. The number of nitrogens with one attached hydrogen (secondary N) is 3. The van der Waals surface area contributed by atoms with Crippen LogP contribution < -0.4 is 20.7 Å². The smallest absolute Gasteiger partial charge is 0.264 e. The highest BCUT2D eigenvalue weighted by atomic mass is 35.5. The molecule has 0 aliphatic carbocycles. The zero-order chi connectivity index (χ0) is 38.7. The zero-order valence-corrected chi connectivity index (χ0v) is 31.0. The van der Waals surface area contributed by atoms with Crippen LogP contribution in [0.15, 0.2) is 60.7 Å². The number of hydrogen-bond acceptors (Lipinski definition) is 9. The van der Waals surface area contributed by atoms with Crippen LogP contribution in [0.2, 0.25) is 15.1 Å². The van der Waals surface area contributed by atoms with Crippen molar-refractivity contribution in [3.05, 3.63) is 92.4 Å². The standard InChI is InChI=1S/C37H33Cl3N6O8/c1-54-29-19-26(40)23(22-17-20(38)5-6-25(22)39)18-24(29)35(51)45-15-13-44(14-16-45)32(49)10-9-30(47)42-12-11-41-27-4-2-3-21-33(27)37(53)46(36(21)52)28-7-8-31(48)43-34(28)50/h2-6,9-10,17-19,28,41H,7-8,11-16H2,1H3,(H,42,47)(H,43,48,50)/b10-9+. The highest BCUT2D eigenvalue weighted by Gasteiger charge is 2.45. The number of fused-ring (bicyclic) bond motifs is 1. The lowest BCUT2D eigenvalue weighted by Gasteiger charge is -2.34. The van der Waals surface area contributed by atoms with E-state index < -0.39 is 41.5 Å². The molecule has 1 unspecified atom stereocenters. The summed E-state index contributed by atoms with van der Waals surface area (Å²) >= 11 is 19.1. The Labute approximate surface area is 324 Å². The van der Waals surface area contributed by atoms with Gasteiger partial charge in [-0.05, 0) is 42.8 Å². The highest BCUT2D eigenvalue weighted by Crippen LogP contribution is 2.39. The molecule has 280 valence electrons. The maximum atomic E-state index is 13.6. The second-order valence-corrected chi connectivity index (χ2v) is 13.8. The van der Waals surface area contributed by atoms with Gasteiger partial charge in [0.15, 0.2) is 0 Å². The minimum Gasteiger partial charge on any atom is -0.496 e. The Kier molecular flexibility index (Phi) is 11.5. The van der Waals surface area contributed by atoms with Crippen molar-refractivity contribution in [2.75, 3.05) is 51.7 Å². The van der Waals surface area contributed by atoms with Crippen LogP contribution in [0.1, 0.15) is 43.9 Å². The summed E-state index contributed by atoms with van der Waals surface area (Å²) in [4.78, 5) is 93.2. The number of amides is 7. The summed E-state index contributed by atoms with van der Waals surface area (Å²) < 4.78 is 5.46. The van der Waals surface area contributed by atoms with E-state index in [0.717, 1.165) is 17.1 Å². The van der Waals surface area contributed by atoms with Gasteiger partial charge in [-0.25, -0.2) is 0 Å². The van der Waals surface area contributed by atoms with Crippen LogP contribution >= 0.6 is 34.8 Å². The van der Waals surface area contributed by atoms with E-state index in [0.29, 0.717) is 31.9 Å². The average molecular weight is 796 g/mol. The Morgan fingerprint density at radius 3 is 2.30 bits per heavy atom. The molecule has 6 rings (SSSR count). The molecule has 2 fully saturated rings. The number of nitrogens with zero attached hydrogens (tertiary/aromatic N) is 3. The minimum absolute atomic E-state index is 0.0114. The molecule has 3 aliphatic rings. The van der Waals surface area contributed by atoms with E-state index >= 15 is 0 Å². The quantitative estimate of drug-likeness (QED) is 0.157. The molecule has 0 saturated carbocycles. The molecule has 3 heterocycles. The van der Waals surface area contributed by atoms with Crippen molar-refractivity contribution in [2.45, 2.75) is 18.9 Å². The number of carbonyl (C=O) groups excluding carboxylic acids is 7. The summed E-state index contributed by atoms with van der Waals surface area (Å²) in [6.07, 6.45) is 2.32. The number of piperazine rings is 1. The van der Waals surface area contributed by atoms with Crippen LogP contribution in [0.25, 0.3) is 11.1 Å². The van der Waals surface area contributed by atoms with Crippen LogP contribution in [0, 0.1) is 0 Å². The summed E-state index contributed by atoms with van der Waals surface area (Å²) in [5.74, 6) is -3.41. The zero-order valence-electron chi connectivity index (χ0n) is 28.7. The van der Waals surface area contributed by atoms with Crippen LogP contribution in [0.3, 0.4) is 0 Å². The van der Waals surface area contributed by atoms with Crippen molar-refractivity contribution in [1.29, 1.82) is 0 Å². The number of imide groups is 2. The predicted octanol–water partition coefficient (Wildman–Crippen LogP) is 3.79. The molecule has 14 nitrogen and oxygen atoms in total. The first-order valence-electron chi connectivity index (χ1n) is 16.8. The fourth-order valence-electron chi connectivity index (χ4n) is 6.46. The molecule has 3 aromatic rings. The lowest BCUT2D eigenvalue weighted by Crippen LogP contribution is -2.54. The van der Waals surface area contributed by atoms with Gasteiger partial charge in [-0.15, -0.1) is 0 Å². The van der Waals surface area contributed by atoms with Gasteiger partial charge in [-0.1, -0.05) is 40.9 Å². The third kappa shape index (κ3) is 7.91. The first kappa shape index (κ1) is 38.3. The molecule has 7 amide bonds. The molecule has 1 atom stereocenters. The molecule has 3 N–H and O–H groups in total. The Bertz CT molecular complexity index is 2120. The number of halogens is 3. The number of methoxy groups -OCH3 is 1. The van der Waals surface area contributed by atoms with Crippen LogP contribution in [0.4, 0.5) is 5.69 Å². The van der Waals surface area contributed by atoms with Gasteiger partial charge < -0.3 is 25.2 Å². The number of carbonyl (C=O) groups is 7. The largest absolute Gasteiger partial charge is 0.496 e. The molecule has 0 spiro atoms. The minimum atomic E-state index is -1.09. The van der Waals surface area contributed by atoms with Gasteiger partial charge >= 0.3 is 0 Å². The van der Waals surface area contributed by atoms with E-state index in [1.807, 2.05) is 0 Å². The number of hydrogen-bond donors (Lipinski definition) is 3. The van der Waals surface area contributed by atoms with E-state index in [1.54, 1.807) is 47.4 Å². The third-order valence-electron chi connectivity index (χ3n) is 9.20. The van der Waals surface area contributed by atoms with E-state index in [1.165, 1.54) is 18.1 Å². The molecule has 3 aliphatic heterocycles. The van der Waals surface area contributed by atoms with Crippen molar-refractivity contribution >= 4 is 81.8 Å². The van der Waals surface area contributed by atoms with Crippen molar-refractivity contribution < 1.29 is 38.3 Å². The van der Waals surface area contributed by atoms with Crippen molar-refractivity contribution in [3.63, 3.8) is 0 Å². The van der Waals surface area contributed by atoms with E-state index in [-0.39, 0.29) is 80.5 Å². The second kappa shape index (κ2) is 16.3. The summed E-state index contributed by atoms with van der Waals surface area (Å²) in [5.41, 5.74) is 1.91. The second-order valence-electron chi connectivity index (χ2n) is 12.5. The third-order valence-corrected chi connectivity index (χ3v) is 10.1. The number of rotatable bonds is 10. The normalized spacial score (nSPS) is 17.1. The maximum Gasteiger partial charge on any atom is 0.264 e. The number of piperidine rings is 1. The van der Waals surface area contributed by atoms with E-state index in [9.17, 15) is 33.6 Å². The highest BCUT2D eigenvalue weighted by molar-refractivity contribution is 6.38. The van der Waals surface area contributed by atoms with Gasteiger partial charge in [0.2, 0.25) is 23.6 Å². The van der Waals surface area contributed by atoms with Crippen LogP contribution in [-0.4, -0.2) is 108 Å². The fourth-order valence-corrected chi connectivity index (χ4v) is 7.10. The summed E-state index contributed by atoms with van der Waals surface area (Å²) in [5, 5.41) is 9.03. The van der Waals surface area contributed by atoms with Crippen molar-refractivity contribution in [2.24, 2.45) is 0 Å². The van der Waals surface area contributed by atoms with Gasteiger partial charge in [0.25, 0.3) is 17.7 Å². The SMILES string of the molecule is COc1cc(Cl)c(-c2cc(Cl)ccc2Cl)cc1C(=O)N1CCN(C(=O)/C=C/C(=O)NCCNc2cccc3c2C(=O)N(C2CCC(=O)NC2=O)C3=O)CC1. The molecular weight excluding hydrogens is 763 g/mol. The molecule has 54 heavy (non-hydrogen) atoms. The van der Waals surface area contributed by atoms with Gasteiger partial charge in [0.05, 0.1) is 28.8 Å². The molecule has 3 aromatic carbocycles. The van der Waals surface area contributed by atoms with Gasteiger partial charge in [-0.3, -0.25) is 43.8 Å². The van der Waals surface area contributed by atoms with E-state index in [2.05, 4.69) is 16.0 Å². The molecule has 0 bridgehead atoms. The molecule has 0 aromatic heterocycles.